The zero-order valence-corrected chi connectivity index (χ0v) is 19.7. The molecule has 1 amide bonds. The molecule has 0 atom stereocenters. The number of aromatic nitrogens is 1. The Labute approximate surface area is 200 Å². The molecule has 1 heterocycles. The van der Waals surface area contributed by atoms with Crippen LogP contribution in [0.3, 0.4) is 0 Å². The molecule has 0 spiro atoms. The average Bonchev–Trinajstić information content (AvgIpc) is 3.06. The van der Waals surface area contributed by atoms with Crippen LogP contribution in [0.1, 0.15) is 16.9 Å². The van der Waals surface area contributed by atoms with Gasteiger partial charge in [0.05, 0.1) is 16.7 Å². The molecule has 1 aromatic heterocycles. The van der Waals surface area contributed by atoms with Crippen LogP contribution in [-0.2, 0) is 7.05 Å². The molecular formula is C22H20Cl4N2O3. The van der Waals surface area contributed by atoms with Gasteiger partial charge < -0.3 is 19.4 Å². The zero-order valence-electron chi connectivity index (χ0n) is 16.6. The van der Waals surface area contributed by atoms with Crippen molar-refractivity contribution in [3.63, 3.8) is 0 Å². The summed E-state index contributed by atoms with van der Waals surface area (Å²) in [7, 11) is 1.87. The van der Waals surface area contributed by atoms with Crippen LogP contribution in [0.25, 0.3) is 10.9 Å². The lowest BCUT2D eigenvalue weighted by atomic mass is 10.2. The van der Waals surface area contributed by atoms with E-state index in [4.69, 9.17) is 55.9 Å². The number of fused-ring (bicyclic) bond motifs is 1. The van der Waals surface area contributed by atoms with Crippen LogP contribution >= 0.6 is 46.4 Å². The molecule has 9 heteroatoms. The van der Waals surface area contributed by atoms with Gasteiger partial charge in [0.15, 0.2) is 5.75 Å². The molecule has 0 aliphatic rings. The fourth-order valence-electron chi connectivity index (χ4n) is 3.00. The summed E-state index contributed by atoms with van der Waals surface area (Å²) < 4.78 is 13.1. The summed E-state index contributed by atoms with van der Waals surface area (Å²) >= 11 is 23.6. The standard InChI is InChI=1S/C22H20Cl4N2O3/c1-28-18-6-3-2-5-14(18)11-19(28)22(29)27-8-4-9-31-21-16(23)12-15(13-17(21)24)30-10-7-20(25)26/h2-3,5-7,11-13H,4,8-10H2,1H3,(H,27,29). The van der Waals surface area contributed by atoms with E-state index in [0.717, 1.165) is 10.9 Å². The van der Waals surface area contributed by atoms with Gasteiger partial charge in [-0.3, -0.25) is 4.79 Å². The van der Waals surface area contributed by atoms with Crippen molar-refractivity contribution in [1.29, 1.82) is 0 Å². The number of hydrogen-bond acceptors (Lipinski definition) is 3. The molecular weight excluding hydrogens is 482 g/mol. The molecule has 5 nitrogen and oxygen atoms in total. The van der Waals surface area contributed by atoms with Gasteiger partial charge >= 0.3 is 0 Å². The molecule has 3 rings (SSSR count). The molecule has 164 valence electrons. The highest BCUT2D eigenvalue weighted by molar-refractivity contribution is 6.55. The van der Waals surface area contributed by atoms with Crippen LogP contribution < -0.4 is 14.8 Å². The maximum atomic E-state index is 12.5. The lowest BCUT2D eigenvalue weighted by Gasteiger charge is -2.12. The van der Waals surface area contributed by atoms with Gasteiger partial charge in [-0.1, -0.05) is 64.6 Å². The van der Waals surface area contributed by atoms with E-state index in [1.54, 1.807) is 12.1 Å². The first-order chi connectivity index (χ1) is 14.9. The van der Waals surface area contributed by atoms with Crippen LogP contribution in [0.2, 0.25) is 10.0 Å². The summed E-state index contributed by atoms with van der Waals surface area (Å²) in [6, 6.07) is 12.9. The van der Waals surface area contributed by atoms with E-state index >= 15 is 0 Å². The van der Waals surface area contributed by atoms with Crippen molar-refractivity contribution in [3.05, 3.63) is 68.8 Å². The SMILES string of the molecule is Cn1c(C(=O)NCCCOc2c(Cl)cc(OCC=C(Cl)Cl)cc2Cl)cc2ccccc21. The van der Waals surface area contributed by atoms with E-state index < -0.39 is 0 Å². The molecule has 3 aromatic rings. The highest BCUT2D eigenvalue weighted by atomic mass is 35.5. The van der Waals surface area contributed by atoms with Gasteiger partial charge in [0.25, 0.3) is 5.91 Å². The first-order valence-electron chi connectivity index (χ1n) is 9.45. The molecule has 0 radical (unpaired) electrons. The fraction of sp³-hybridized carbons (Fsp3) is 0.227. The van der Waals surface area contributed by atoms with Crippen LogP contribution in [0.15, 0.2) is 53.0 Å². The summed E-state index contributed by atoms with van der Waals surface area (Å²) in [5.74, 6) is 0.694. The fourth-order valence-corrected chi connectivity index (χ4v) is 3.71. The van der Waals surface area contributed by atoms with E-state index in [1.807, 2.05) is 41.9 Å². The molecule has 1 N–H and O–H groups in total. The molecule has 0 fully saturated rings. The van der Waals surface area contributed by atoms with Crippen LogP contribution in [0.4, 0.5) is 0 Å². The third kappa shape index (κ3) is 6.23. The van der Waals surface area contributed by atoms with Gasteiger partial charge in [0, 0.05) is 36.6 Å². The Morgan fingerprint density at radius 2 is 1.81 bits per heavy atom. The van der Waals surface area contributed by atoms with E-state index in [9.17, 15) is 4.79 Å². The van der Waals surface area contributed by atoms with Crippen LogP contribution in [0, 0.1) is 0 Å². The summed E-state index contributed by atoms with van der Waals surface area (Å²) in [5.41, 5.74) is 1.61. The number of aryl methyl sites for hydroxylation is 1. The van der Waals surface area contributed by atoms with Gasteiger partial charge in [0.1, 0.15) is 22.5 Å². The number of amides is 1. The second kappa shape index (κ2) is 11.0. The number of ether oxygens (including phenoxy) is 2. The van der Waals surface area contributed by atoms with Crippen molar-refractivity contribution in [2.75, 3.05) is 19.8 Å². The molecule has 0 bridgehead atoms. The second-order valence-electron chi connectivity index (χ2n) is 6.63. The Hall–Kier alpha value is -2.05. The van der Waals surface area contributed by atoms with Crippen molar-refractivity contribution < 1.29 is 14.3 Å². The summed E-state index contributed by atoms with van der Waals surface area (Å²) in [6.07, 6.45) is 2.08. The average molecular weight is 502 g/mol. The number of nitrogens with zero attached hydrogens (tertiary/aromatic N) is 1. The van der Waals surface area contributed by atoms with Crippen LogP contribution in [0.5, 0.6) is 11.5 Å². The number of carbonyl (C=O) groups is 1. The van der Waals surface area contributed by atoms with Gasteiger partial charge in [-0.25, -0.2) is 0 Å². The first-order valence-corrected chi connectivity index (χ1v) is 11.0. The number of carbonyl (C=O) groups excluding carboxylic acids is 1. The Kier molecular flexibility index (Phi) is 8.38. The molecule has 2 aromatic carbocycles. The minimum absolute atomic E-state index is 0.115. The Morgan fingerprint density at radius 3 is 2.48 bits per heavy atom. The molecule has 0 saturated heterocycles. The summed E-state index contributed by atoms with van der Waals surface area (Å²) in [5, 5.41) is 4.57. The van der Waals surface area contributed by atoms with Gasteiger partial charge in [-0.05, 0) is 24.6 Å². The number of para-hydroxylation sites is 1. The molecule has 0 aliphatic heterocycles. The molecule has 0 saturated carbocycles. The topological polar surface area (TPSA) is 52.5 Å². The van der Waals surface area contributed by atoms with E-state index in [1.165, 1.54) is 6.08 Å². The number of nitrogens with one attached hydrogen (secondary N) is 1. The molecule has 0 unspecified atom stereocenters. The van der Waals surface area contributed by atoms with E-state index in [2.05, 4.69) is 5.32 Å². The number of benzene rings is 2. The van der Waals surface area contributed by atoms with Crippen molar-refractivity contribution in [3.8, 4) is 11.5 Å². The normalized spacial score (nSPS) is 10.7. The van der Waals surface area contributed by atoms with Gasteiger partial charge in [-0.15, -0.1) is 0 Å². The lowest BCUT2D eigenvalue weighted by Crippen LogP contribution is -2.27. The van der Waals surface area contributed by atoms with Crippen molar-refractivity contribution in [2.24, 2.45) is 7.05 Å². The van der Waals surface area contributed by atoms with Crippen molar-refractivity contribution >= 4 is 63.2 Å². The zero-order chi connectivity index (χ0) is 22.4. The van der Waals surface area contributed by atoms with Crippen molar-refractivity contribution in [2.45, 2.75) is 6.42 Å². The quantitative estimate of drug-likeness (QED) is 0.346. The van der Waals surface area contributed by atoms with Crippen molar-refractivity contribution in [1.82, 2.24) is 9.88 Å². The summed E-state index contributed by atoms with van der Waals surface area (Å²) in [4.78, 5) is 12.5. The highest BCUT2D eigenvalue weighted by Crippen LogP contribution is 2.37. The minimum Gasteiger partial charge on any atom is -0.490 e. The van der Waals surface area contributed by atoms with E-state index in [-0.39, 0.29) is 17.0 Å². The van der Waals surface area contributed by atoms with E-state index in [0.29, 0.717) is 46.8 Å². The predicted octanol–water partition coefficient (Wildman–Crippen LogP) is 6.38. The Morgan fingerprint density at radius 1 is 1.10 bits per heavy atom. The second-order valence-corrected chi connectivity index (χ2v) is 8.45. The Balaban J connectivity index is 1.48. The third-order valence-electron chi connectivity index (χ3n) is 4.50. The minimum atomic E-state index is -0.137. The number of halogens is 4. The number of rotatable bonds is 9. The maximum Gasteiger partial charge on any atom is 0.267 e. The smallest absolute Gasteiger partial charge is 0.267 e. The summed E-state index contributed by atoms with van der Waals surface area (Å²) in [6.45, 7) is 0.966. The maximum absolute atomic E-state index is 12.5. The predicted molar refractivity (Wildman–Crippen MR) is 127 cm³/mol. The largest absolute Gasteiger partial charge is 0.490 e. The Bertz CT molecular complexity index is 1080. The lowest BCUT2D eigenvalue weighted by molar-refractivity contribution is 0.0944. The molecule has 0 aliphatic carbocycles. The third-order valence-corrected chi connectivity index (χ3v) is 5.37. The van der Waals surface area contributed by atoms with Gasteiger partial charge in [-0.2, -0.15) is 0 Å². The van der Waals surface area contributed by atoms with Gasteiger partial charge in [0.2, 0.25) is 0 Å². The molecule has 31 heavy (non-hydrogen) atoms. The highest BCUT2D eigenvalue weighted by Gasteiger charge is 2.13. The van der Waals surface area contributed by atoms with Crippen LogP contribution in [-0.4, -0.2) is 30.2 Å². The monoisotopic (exact) mass is 500 g/mol. The number of hydrogen-bond donors (Lipinski definition) is 1. The first kappa shape index (κ1) is 23.6.